The van der Waals surface area contributed by atoms with Crippen molar-refractivity contribution in [1.29, 1.82) is 0 Å². The van der Waals surface area contributed by atoms with Gasteiger partial charge in [-0.25, -0.2) is 0 Å². The van der Waals surface area contributed by atoms with E-state index in [0.717, 1.165) is 40.9 Å². The lowest BCUT2D eigenvalue weighted by Gasteiger charge is -2.12. The molecule has 228 valence electrons. The van der Waals surface area contributed by atoms with Crippen LogP contribution in [0.15, 0.2) is 114 Å². The van der Waals surface area contributed by atoms with E-state index in [1.165, 1.54) is 0 Å². The van der Waals surface area contributed by atoms with Crippen LogP contribution in [-0.4, -0.2) is 28.5 Å². The van der Waals surface area contributed by atoms with Gasteiger partial charge >= 0.3 is 6.18 Å². The molecule has 0 unspecified atom stereocenters. The first-order chi connectivity index (χ1) is 21.6. The fraction of sp³-hybridized carbons (Fsp3) is 0.0606. The van der Waals surface area contributed by atoms with E-state index in [0.29, 0.717) is 21.7 Å². The van der Waals surface area contributed by atoms with Gasteiger partial charge in [0.15, 0.2) is 0 Å². The highest BCUT2D eigenvalue weighted by Gasteiger charge is 2.31. The predicted molar refractivity (Wildman–Crippen MR) is 171 cm³/mol. The minimum absolute atomic E-state index is 0.0143. The molecule has 5 aromatic rings. The maximum absolute atomic E-state index is 13.4. The Labute approximate surface area is 264 Å². The van der Waals surface area contributed by atoms with Gasteiger partial charge < -0.3 is 20.9 Å². The van der Waals surface area contributed by atoms with Crippen LogP contribution in [0, 0.1) is 0 Å². The van der Waals surface area contributed by atoms with Gasteiger partial charge in [0.1, 0.15) is 5.70 Å². The number of aromatic nitrogens is 1. The molecule has 0 aliphatic heterocycles. The summed E-state index contributed by atoms with van der Waals surface area (Å²) in [7, 11) is 0. The van der Waals surface area contributed by atoms with Crippen LogP contribution >= 0.6 is 23.4 Å². The summed E-state index contributed by atoms with van der Waals surface area (Å²) in [6.07, 6.45) is -1.24. The van der Waals surface area contributed by atoms with E-state index in [1.807, 2.05) is 24.3 Å². The Morgan fingerprint density at radius 3 is 2.31 bits per heavy atom. The molecule has 0 saturated heterocycles. The third-order valence-electron chi connectivity index (χ3n) is 6.50. The maximum Gasteiger partial charge on any atom is 0.416 e. The van der Waals surface area contributed by atoms with Crippen molar-refractivity contribution in [3.63, 3.8) is 0 Å². The zero-order valence-corrected chi connectivity index (χ0v) is 24.8. The molecule has 3 amide bonds. The van der Waals surface area contributed by atoms with Crippen molar-refractivity contribution in [2.45, 2.75) is 11.1 Å². The number of carbonyl (C=O) groups excluding carboxylic acids is 3. The Kier molecular flexibility index (Phi) is 9.60. The molecular weight excluding hydrogens is 625 g/mol. The van der Waals surface area contributed by atoms with Gasteiger partial charge in [-0.3, -0.25) is 14.4 Å². The Morgan fingerprint density at radius 1 is 0.867 bits per heavy atom. The summed E-state index contributed by atoms with van der Waals surface area (Å²) in [6, 6.07) is 25.4. The number of carbonyl (C=O) groups is 3. The van der Waals surface area contributed by atoms with Gasteiger partial charge in [-0.05, 0) is 66.7 Å². The van der Waals surface area contributed by atoms with Gasteiger partial charge in [0.2, 0.25) is 5.91 Å². The molecule has 0 fully saturated rings. The van der Waals surface area contributed by atoms with E-state index in [2.05, 4.69) is 20.9 Å². The number of benzene rings is 4. The van der Waals surface area contributed by atoms with E-state index in [-0.39, 0.29) is 22.2 Å². The summed E-state index contributed by atoms with van der Waals surface area (Å²) in [5.74, 6) is -1.64. The summed E-state index contributed by atoms with van der Waals surface area (Å²) >= 11 is 7.11. The van der Waals surface area contributed by atoms with Crippen molar-refractivity contribution in [2.75, 3.05) is 16.4 Å². The Bertz CT molecular complexity index is 1890. The van der Waals surface area contributed by atoms with Gasteiger partial charge in [0.05, 0.1) is 22.0 Å². The van der Waals surface area contributed by atoms with Crippen LogP contribution in [-0.2, 0) is 15.8 Å². The van der Waals surface area contributed by atoms with E-state index >= 15 is 0 Å². The molecule has 0 spiro atoms. The number of alkyl halides is 3. The number of fused-ring (bicyclic) bond motifs is 1. The fourth-order valence-corrected chi connectivity index (χ4v) is 5.14. The highest BCUT2D eigenvalue weighted by molar-refractivity contribution is 8.00. The molecule has 1 aromatic heterocycles. The number of halogens is 4. The van der Waals surface area contributed by atoms with Crippen molar-refractivity contribution < 1.29 is 27.6 Å². The average molecular weight is 649 g/mol. The molecule has 7 nitrogen and oxygen atoms in total. The number of hydrogen-bond donors (Lipinski definition) is 4. The molecule has 12 heteroatoms. The third kappa shape index (κ3) is 8.14. The second kappa shape index (κ2) is 13.7. The first kappa shape index (κ1) is 31.4. The largest absolute Gasteiger partial charge is 0.416 e. The minimum Gasteiger partial charge on any atom is -0.361 e. The molecule has 4 aromatic carbocycles. The number of hydrogen-bond acceptors (Lipinski definition) is 4. The van der Waals surface area contributed by atoms with E-state index in [9.17, 15) is 27.6 Å². The van der Waals surface area contributed by atoms with E-state index < -0.39 is 29.5 Å². The topological polar surface area (TPSA) is 103 Å². The summed E-state index contributed by atoms with van der Waals surface area (Å²) in [5, 5.41) is 8.76. The van der Waals surface area contributed by atoms with Crippen LogP contribution in [0.4, 0.5) is 24.5 Å². The van der Waals surface area contributed by atoms with Crippen molar-refractivity contribution in [2.24, 2.45) is 0 Å². The molecule has 0 aliphatic carbocycles. The second-order valence-corrected chi connectivity index (χ2v) is 11.1. The molecule has 0 radical (unpaired) electrons. The zero-order chi connectivity index (χ0) is 32.0. The number of amides is 3. The smallest absolute Gasteiger partial charge is 0.361 e. The number of nitrogens with one attached hydrogen (secondary N) is 4. The Hall–Kier alpha value is -5.00. The van der Waals surface area contributed by atoms with Gasteiger partial charge in [-0.15, -0.1) is 11.8 Å². The first-order valence-corrected chi connectivity index (χ1v) is 14.8. The molecule has 5 rings (SSSR count). The molecule has 4 N–H and O–H groups in total. The highest BCUT2D eigenvalue weighted by Crippen LogP contribution is 2.34. The van der Waals surface area contributed by atoms with Crippen molar-refractivity contribution in [3.8, 4) is 0 Å². The molecule has 0 aliphatic rings. The molecular formula is C33H24ClF3N4O3S. The van der Waals surface area contributed by atoms with Crippen LogP contribution in [0.5, 0.6) is 0 Å². The lowest BCUT2D eigenvalue weighted by Crippen LogP contribution is -2.30. The van der Waals surface area contributed by atoms with Crippen molar-refractivity contribution in [3.05, 3.63) is 131 Å². The molecule has 0 atom stereocenters. The standard InChI is InChI=1S/C33H24ClF3N4O3S/c34-26-15-10-22(33(35,36)37)17-28(26)40-30(42)19-45-24-13-11-23(12-14-24)39-32(44)29(41-31(43)20-6-2-1-3-7-20)16-21-18-38-27-9-5-4-8-25(21)27/h1-18,38H,19H2,(H,39,44)(H,40,42)(H,41,43)/b29-16-. The number of anilines is 2. The number of rotatable bonds is 9. The monoisotopic (exact) mass is 648 g/mol. The van der Waals surface area contributed by atoms with Gasteiger partial charge in [0.25, 0.3) is 11.8 Å². The normalized spacial score (nSPS) is 11.7. The Balaban J connectivity index is 1.25. The summed E-state index contributed by atoms with van der Waals surface area (Å²) < 4.78 is 39.1. The molecule has 1 heterocycles. The summed E-state index contributed by atoms with van der Waals surface area (Å²) in [5.41, 5.74) is 1.37. The first-order valence-electron chi connectivity index (χ1n) is 13.4. The molecule has 45 heavy (non-hydrogen) atoms. The van der Waals surface area contributed by atoms with Gasteiger partial charge in [0, 0.05) is 38.8 Å². The minimum atomic E-state index is -4.57. The number of aromatic amines is 1. The second-order valence-electron chi connectivity index (χ2n) is 9.68. The van der Waals surface area contributed by atoms with E-state index in [1.54, 1.807) is 66.9 Å². The van der Waals surface area contributed by atoms with Crippen LogP contribution in [0.25, 0.3) is 17.0 Å². The quantitative estimate of drug-likeness (QED) is 0.0961. The Morgan fingerprint density at radius 2 is 1.58 bits per heavy atom. The lowest BCUT2D eigenvalue weighted by molar-refractivity contribution is -0.137. The molecule has 0 bridgehead atoms. The lowest BCUT2D eigenvalue weighted by atomic mass is 10.1. The van der Waals surface area contributed by atoms with Crippen LogP contribution in [0.1, 0.15) is 21.5 Å². The van der Waals surface area contributed by atoms with Crippen LogP contribution in [0.2, 0.25) is 5.02 Å². The van der Waals surface area contributed by atoms with Gasteiger partial charge in [-0.1, -0.05) is 48.0 Å². The fourth-order valence-electron chi connectivity index (χ4n) is 4.28. The third-order valence-corrected chi connectivity index (χ3v) is 7.84. The zero-order valence-electron chi connectivity index (χ0n) is 23.2. The SMILES string of the molecule is O=C(CSc1ccc(NC(=O)/C(=C/c2c[nH]c3ccccc23)NC(=O)c2ccccc2)cc1)Nc1cc(C(F)(F)F)ccc1Cl. The molecule has 0 saturated carbocycles. The van der Waals surface area contributed by atoms with Gasteiger partial charge in [-0.2, -0.15) is 13.2 Å². The summed E-state index contributed by atoms with van der Waals surface area (Å²) in [6.45, 7) is 0. The number of thioether (sulfide) groups is 1. The summed E-state index contributed by atoms with van der Waals surface area (Å²) in [4.78, 5) is 42.6. The predicted octanol–water partition coefficient (Wildman–Crippen LogP) is 7.98. The van der Waals surface area contributed by atoms with Crippen molar-refractivity contribution in [1.82, 2.24) is 10.3 Å². The average Bonchev–Trinajstić information content (AvgIpc) is 3.44. The highest BCUT2D eigenvalue weighted by atomic mass is 35.5. The van der Waals surface area contributed by atoms with Crippen LogP contribution < -0.4 is 16.0 Å². The number of H-pyrrole nitrogens is 1. The maximum atomic E-state index is 13.4. The van der Waals surface area contributed by atoms with Crippen LogP contribution in [0.3, 0.4) is 0 Å². The number of para-hydroxylation sites is 1. The van der Waals surface area contributed by atoms with Crippen molar-refractivity contribution >= 4 is 69.4 Å². The van der Waals surface area contributed by atoms with E-state index in [4.69, 9.17) is 11.6 Å².